The van der Waals surface area contributed by atoms with E-state index in [1.54, 1.807) is 11.8 Å². The standard InChI is InChI=1S/C10H16N2OS/c1-7-8(2)13-10(12-7)14-6-9-3-4-11-5-9/h9,11H,3-6H2,1-2H3. The Balaban J connectivity index is 1.85. The molecule has 0 saturated carbocycles. The molecule has 1 unspecified atom stereocenters. The molecule has 0 aromatic carbocycles. The summed E-state index contributed by atoms with van der Waals surface area (Å²) >= 11 is 1.73. The number of aromatic nitrogens is 1. The molecule has 1 aliphatic rings. The molecule has 1 atom stereocenters. The highest BCUT2D eigenvalue weighted by Crippen LogP contribution is 2.24. The molecule has 1 saturated heterocycles. The summed E-state index contributed by atoms with van der Waals surface area (Å²) in [4.78, 5) is 4.35. The summed E-state index contributed by atoms with van der Waals surface area (Å²) in [5, 5.41) is 4.19. The first-order valence-corrected chi connectivity index (χ1v) is 6.02. The molecule has 1 fully saturated rings. The van der Waals surface area contributed by atoms with Crippen molar-refractivity contribution in [1.29, 1.82) is 0 Å². The predicted molar refractivity (Wildman–Crippen MR) is 57.7 cm³/mol. The van der Waals surface area contributed by atoms with Gasteiger partial charge >= 0.3 is 0 Å². The molecule has 1 N–H and O–H groups in total. The minimum atomic E-state index is 0.785. The zero-order chi connectivity index (χ0) is 9.97. The van der Waals surface area contributed by atoms with Crippen LogP contribution in [0.15, 0.2) is 9.64 Å². The summed E-state index contributed by atoms with van der Waals surface area (Å²) in [6.45, 7) is 6.25. The van der Waals surface area contributed by atoms with Gasteiger partial charge in [0.05, 0.1) is 5.69 Å². The number of hydrogen-bond donors (Lipinski definition) is 1. The molecule has 78 valence electrons. The lowest BCUT2D eigenvalue weighted by Crippen LogP contribution is -2.10. The van der Waals surface area contributed by atoms with Crippen molar-refractivity contribution in [1.82, 2.24) is 10.3 Å². The number of nitrogens with zero attached hydrogens (tertiary/aromatic N) is 1. The molecule has 0 spiro atoms. The number of hydrogen-bond acceptors (Lipinski definition) is 4. The van der Waals surface area contributed by atoms with Gasteiger partial charge in [-0.25, -0.2) is 4.98 Å². The van der Waals surface area contributed by atoms with Crippen molar-refractivity contribution in [2.75, 3.05) is 18.8 Å². The van der Waals surface area contributed by atoms with Crippen LogP contribution in [-0.2, 0) is 0 Å². The van der Waals surface area contributed by atoms with Crippen molar-refractivity contribution in [3.05, 3.63) is 11.5 Å². The Morgan fingerprint density at radius 3 is 3.00 bits per heavy atom. The van der Waals surface area contributed by atoms with E-state index in [1.165, 1.54) is 6.42 Å². The third-order valence-electron chi connectivity index (χ3n) is 2.61. The van der Waals surface area contributed by atoms with Gasteiger partial charge in [-0.2, -0.15) is 0 Å². The zero-order valence-electron chi connectivity index (χ0n) is 8.67. The van der Waals surface area contributed by atoms with E-state index in [2.05, 4.69) is 10.3 Å². The van der Waals surface area contributed by atoms with Crippen LogP contribution in [-0.4, -0.2) is 23.8 Å². The highest BCUT2D eigenvalue weighted by atomic mass is 32.2. The van der Waals surface area contributed by atoms with Crippen LogP contribution < -0.4 is 5.32 Å². The highest BCUT2D eigenvalue weighted by Gasteiger charge is 2.16. The molecule has 2 rings (SSSR count). The maximum atomic E-state index is 5.51. The third kappa shape index (κ3) is 2.30. The van der Waals surface area contributed by atoms with E-state index in [0.717, 1.165) is 41.4 Å². The SMILES string of the molecule is Cc1nc(SCC2CCNC2)oc1C. The Morgan fingerprint density at radius 2 is 2.43 bits per heavy atom. The molecule has 0 aliphatic carbocycles. The summed E-state index contributed by atoms with van der Waals surface area (Å²) < 4.78 is 5.51. The van der Waals surface area contributed by atoms with Crippen LogP contribution in [0, 0.1) is 19.8 Å². The van der Waals surface area contributed by atoms with Crippen molar-refractivity contribution in [3.8, 4) is 0 Å². The number of rotatable bonds is 3. The number of oxazole rings is 1. The summed E-state index contributed by atoms with van der Waals surface area (Å²) in [5.41, 5.74) is 1.01. The normalized spacial score (nSPS) is 21.7. The third-order valence-corrected chi connectivity index (χ3v) is 3.67. The van der Waals surface area contributed by atoms with Crippen LogP contribution in [0.25, 0.3) is 0 Å². The maximum Gasteiger partial charge on any atom is 0.256 e. The molecule has 3 nitrogen and oxygen atoms in total. The number of nitrogens with one attached hydrogen (secondary N) is 1. The first-order valence-electron chi connectivity index (χ1n) is 5.03. The van der Waals surface area contributed by atoms with Gasteiger partial charge in [-0.3, -0.25) is 0 Å². The van der Waals surface area contributed by atoms with E-state index in [0.29, 0.717) is 0 Å². The van der Waals surface area contributed by atoms with Crippen molar-refractivity contribution in [2.45, 2.75) is 25.5 Å². The smallest absolute Gasteiger partial charge is 0.256 e. The topological polar surface area (TPSA) is 38.1 Å². The second-order valence-electron chi connectivity index (χ2n) is 3.79. The Labute approximate surface area is 88.7 Å². The minimum absolute atomic E-state index is 0.785. The lowest BCUT2D eigenvalue weighted by molar-refractivity contribution is 0.430. The monoisotopic (exact) mass is 212 g/mol. The fourth-order valence-corrected chi connectivity index (χ4v) is 2.60. The van der Waals surface area contributed by atoms with Crippen LogP contribution in [0.5, 0.6) is 0 Å². The minimum Gasteiger partial charge on any atom is -0.437 e. The summed E-state index contributed by atoms with van der Waals surface area (Å²) in [6, 6.07) is 0. The molecule has 1 aromatic heterocycles. The fourth-order valence-electron chi connectivity index (χ4n) is 1.55. The van der Waals surface area contributed by atoms with Gasteiger partial charge < -0.3 is 9.73 Å². The van der Waals surface area contributed by atoms with Gasteiger partial charge in [0.25, 0.3) is 5.22 Å². The fraction of sp³-hybridized carbons (Fsp3) is 0.700. The first-order chi connectivity index (χ1) is 6.75. The van der Waals surface area contributed by atoms with E-state index in [-0.39, 0.29) is 0 Å². The summed E-state index contributed by atoms with van der Waals surface area (Å²) in [7, 11) is 0. The molecule has 1 aromatic rings. The van der Waals surface area contributed by atoms with Crippen LogP contribution >= 0.6 is 11.8 Å². The molecule has 0 amide bonds. The van der Waals surface area contributed by atoms with Crippen molar-refractivity contribution >= 4 is 11.8 Å². The van der Waals surface area contributed by atoms with Gasteiger partial charge in [-0.05, 0) is 39.3 Å². The Hall–Kier alpha value is -0.480. The lowest BCUT2D eigenvalue weighted by atomic mass is 10.2. The average molecular weight is 212 g/mol. The molecular formula is C10H16N2OS. The molecule has 1 aliphatic heterocycles. The largest absolute Gasteiger partial charge is 0.437 e. The summed E-state index contributed by atoms with van der Waals surface area (Å²) in [5.74, 6) is 2.84. The van der Waals surface area contributed by atoms with Crippen molar-refractivity contribution in [2.24, 2.45) is 5.92 Å². The van der Waals surface area contributed by atoms with Crippen molar-refractivity contribution < 1.29 is 4.42 Å². The van der Waals surface area contributed by atoms with E-state index in [9.17, 15) is 0 Å². The molecular weight excluding hydrogens is 196 g/mol. The second-order valence-corrected chi connectivity index (χ2v) is 4.76. The predicted octanol–water partition coefficient (Wildman–Crippen LogP) is 1.99. The van der Waals surface area contributed by atoms with Gasteiger partial charge in [-0.15, -0.1) is 0 Å². The molecule has 4 heteroatoms. The van der Waals surface area contributed by atoms with Crippen molar-refractivity contribution in [3.63, 3.8) is 0 Å². The first kappa shape index (κ1) is 10.1. The lowest BCUT2D eigenvalue weighted by Gasteiger charge is -2.03. The van der Waals surface area contributed by atoms with Gasteiger partial charge in [0.2, 0.25) is 0 Å². The molecule has 2 heterocycles. The quantitative estimate of drug-likeness (QED) is 0.778. The van der Waals surface area contributed by atoms with Gasteiger partial charge in [0.15, 0.2) is 0 Å². The van der Waals surface area contributed by atoms with E-state index in [4.69, 9.17) is 4.42 Å². The summed E-state index contributed by atoms with van der Waals surface area (Å²) in [6.07, 6.45) is 1.28. The molecule has 0 radical (unpaired) electrons. The van der Waals surface area contributed by atoms with E-state index < -0.39 is 0 Å². The number of thioether (sulfide) groups is 1. The Morgan fingerprint density at radius 1 is 1.57 bits per heavy atom. The number of aryl methyl sites for hydroxylation is 2. The second kappa shape index (κ2) is 4.36. The van der Waals surface area contributed by atoms with E-state index >= 15 is 0 Å². The van der Waals surface area contributed by atoms with Crippen LogP contribution in [0.2, 0.25) is 0 Å². The van der Waals surface area contributed by atoms with Gasteiger partial charge in [0, 0.05) is 5.75 Å². The molecule has 14 heavy (non-hydrogen) atoms. The zero-order valence-corrected chi connectivity index (χ0v) is 9.49. The van der Waals surface area contributed by atoms with Gasteiger partial charge in [0.1, 0.15) is 5.76 Å². The van der Waals surface area contributed by atoms with Gasteiger partial charge in [-0.1, -0.05) is 11.8 Å². The highest BCUT2D eigenvalue weighted by molar-refractivity contribution is 7.99. The molecule has 0 bridgehead atoms. The maximum absolute atomic E-state index is 5.51. The average Bonchev–Trinajstić information content (AvgIpc) is 2.74. The van der Waals surface area contributed by atoms with Crippen LogP contribution in [0.1, 0.15) is 17.9 Å². The Kier molecular flexibility index (Phi) is 3.13. The van der Waals surface area contributed by atoms with E-state index in [1.807, 2.05) is 13.8 Å². The Bertz CT molecular complexity index is 286. The van der Waals surface area contributed by atoms with Crippen LogP contribution in [0.3, 0.4) is 0 Å². The van der Waals surface area contributed by atoms with Crippen LogP contribution in [0.4, 0.5) is 0 Å².